The van der Waals surface area contributed by atoms with Gasteiger partial charge < -0.3 is 4.57 Å². The van der Waals surface area contributed by atoms with Crippen LogP contribution in [0.4, 0.5) is 10.1 Å². The molecule has 0 bridgehead atoms. The van der Waals surface area contributed by atoms with Crippen LogP contribution in [-0.2, 0) is 16.6 Å². The van der Waals surface area contributed by atoms with E-state index in [2.05, 4.69) is 10.5 Å². The van der Waals surface area contributed by atoms with Crippen molar-refractivity contribution >= 4 is 27.8 Å². The van der Waals surface area contributed by atoms with Gasteiger partial charge in [0.05, 0.1) is 36.0 Å². The number of nitrogens with one attached hydrogen (secondary N) is 1. The number of sulfonamides is 1. The number of hydrazone groups is 1. The van der Waals surface area contributed by atoms with Gasteiger partial charge in [0.1, 0.15) is 5.82 Å². The summed E-state index contributed by atoms with van der Waals surface area (Å²) in [6, 6.07) is 24.0. The number of benzene rings is 3. The Kier molecular flexibility index (Phi) is 7.54. The molecule has 7 nitrogen and oxygen atoms in total. The number of para-hydroxylation sites is 2. The van der Waals surface area contributed by atoms with Gasteiger partial charge >= 0.3 is 0 Å². The summed E-state index contributed by atoms with van der Waals surface area (Å²) in [6.07, 6.45) is 2.59. The number of carbonyl (C=O) groups is 1. The van der Waals surface area contributed by atoms with E-state index >= 15 is 0 Å². The highest BCUT2D eigenvalue weighted by Gasteiger charge is 2.23. The molecule has 0 radical (unpaired) electrons. The molecule has 37 heavy (non-hydrogen) atoms. The van der Waals surface area contributed by atoms with E-state index in [0.29, 0.717) is 11.3 Å². The average molecular weight is 519 g/mol. The molecule has 0 unspecified atom stereocenters. The van der Waals surface area contributed by atoms with Crippen LogP contribution in [0.1, 0.15) is 32.9 Å². The van der Waals surface area contributed by atoms with Gasteiger partial charge in [0.15, 0.2) is 0 Å². The third kappa shape index (κ3) is 5.78. The van der Waals surface area contributed by atoms with Crippen LogP contribution in [-0.4, -0.2) is 31.4 Å². The van der Waals surface area contributed by atoms with Crippen LogP contribution in [0.25, 0.3) is 5.69 Å². The summed E-state index contributed by atoms with van der Waals surface area (Å²) >= 11 is 0. The fourth-order valence-electron chi connectivity index (χ4n) is 4.16. The molecule has 0 atom stereocenters. The van der Waals surface area contributed by atoms with Crippen molar-refractivity contribution < 1.29 is 17.6 Å². The van der Waals surface area contributed by atoms with E-state index < -0.39 is 15.9 Å². The number of anilines is 1. The standard InChI is InChI=1S/C28H27FN4O3S/c1-20-17-23(21(2)33(20)27-16-10-8-14-25(27)29)18-30-31-28(34)24-13-7-9-15-26(24)32(37(3,35)36)19-22-11-5-4-6-12-22/h4-18H,19H2,1-3H3,(H,31,34)/b30-18+. The van der Waals surface area contributed by atoms with Crippen molar-refractivity contribution in [3.8, 4) is 5.69 Å². The number of rotatable bonds is 8. The molecule has 0 fully saturated rings. The van der Waals surface area contributed by atoms with Gasteiger partial charge in [0.25, 0.3) is 5.91 Å². The van der Waals surface area contributed by atoms with Crippen molar-refractivity contribution in [3.05, 3.63) is 119 Å². The maximum atomic E-state index is 14.4. The minimum absolute atomic E-state index is 0.0786. The van der Waals surface area contributed by atoms with Gasteiger partial charge in [-0.1, -0.05) is 54.6 Å². The number of hydrogen-bond donors (Lipinski definition) is 1. The molecule has 0 aliphatic rings. The Balaban J connectivity index is 1.58. The van der Waals surface area contributed by atoms with Crippen LogP contribution in [0.3, 0.4) is 0 Å². The quantitative estimate of drug-likeness (QED) is 0.264. The molecule has 9 heteroatoms. The van der Waals surface area contributed by atoms with Crippen molar-refractivity contribution in [1.29, 1.82) is 0 Å². The molecule has 1 heterocycles. The molecule has 1 N–H and O–H groups in total. The Hall–Kier alpha value is -4.24. The molecule has 3 aromatic carbocycles. The topological polar surface area (TPSA) is 83.8 Å². The van der Waals surface area contributed by atoms with Gasteiger partial charge in [-0.15, -0.1) is 0 Å². The molecule has 1 aromatic heterocycles. The van der Waals surface area contributed by atoms with Gasteiger partial charge in [0, 0.05) is 17.0 Å². The third-order valence-corrected chi connectivity index (χ3v) is 7.05. The Morgan fingerprint density at radius 3 is 2.35 bits per heavy atom. The Bertz CT molecular complexity index is 1560. The van der Waals surface area contributed by atoms with E-state index in [1.807, 2.05) is 50.2 Å². The van der Waals surface area contributed by atoms with E-state index in [0.717, 1.165) is 23.2 Å². The van der Waals surface area contributed by atoms with Crippen molar-refractivity contribution in [1.82, 2.24) is 9.99 Å². The zero-order valence-corrected chi connectivity index (χ0v) is 21.5. The Morgan fingerprint density at radius 1 is 1.00 bits per heavy atom. The van der Waals surface area contributed by atoms with E-state index in [4.69, 9.17) is 0 Å². The maximum Gasteiger partial charge on any atom is 0.273 e. The molecule has 1 amide bonds. The Labute approximate surface area is 215 Å². The molecule has 0 aliphatic carbocycles. The zero-order chi connectivity index (χ0) is 26.6. The number of amides is 1. The first-order valence-corrected chi connectivity index (χ1v) is 13.4. The van der Waals surface area contributed by atoms with Crippen LogP contribution in [0.15, 0.2) is 90.0 Å². The minimum Gasteiger partial charge on any atom is -0.315 e. The first kappa shape index (κ1) is 25.8. The van der Waals surface area contributed by atoms with Gasteiger partial charge in [-0.3, -0.25) is 9.10 Å². The van der Waals surface area contributed by atoms with Crippen LogP contribution in [0, 0.1) is 19.7 Å². The van der Waals surface area contributed by atoms with Gasteiger partial charge in [-0.25, -0.2) is 18.2 Å². The maximum absolute atomic E-state index is 14.4. The predicted octanol–water partition coefficient (Wildman–Crippen LogP) is 4.96. The van der Waals surface area contributed by atoms with Crippen LogP contribution >= 0.6 is 0 Å². The zero-order valence-electron chi connectivity index (χ0n) is 20.7. The fourth-order valence-corrected chi connectivity index (χ4v) is 5.06. The number of carbonyl (C=O) groups excluding carboxylic acids is 1. The number of aromatic nitrogens is 1. The molecular weight excluding hydrogens is 491 g/mol. The summed E-state index contributed by atoms with van der Waals surface area (Å²) in [6.45, 7) is 3.78. The summed E-state index contributed by atoms with van der Waals surface area (Å²) in [5.74, 6) is -0.903. The number of nitrogens with zero attached hydrogens (tertiary/aromatic N) is 3. The van der Waals surface area contributed by atoms with Crippen LogP contribution < -0.4 is 9.73 Å². The van der Waals surface area contributed by atoms with Crippen molar-refractivity contribution in [2.45, 2.75) is 20.4 Å². The van der Waals surface area contributed by atoms with Crippen LogP contribution in [0.2, 0.25) is 0 Å². The van der Waals surface area contributed by atoms with Gasteiger partial charge in [-0.05, 0) is 49.7 Å². The predicted molar refractivity (Wildman–Crippen MR) is 144 cm³/mol. The summed E-state index contributed by atoms with van der Waals surface area (Å²) in [4.78, 5) is 13.1. The molecule has 0 saturated carbocycles. The van der Waals surface area contributed by atoms with E-state index in [-0.39, 0.29) is 23.6 Å². The highest BCUT2D eigenvalue weighted by atomic mass is 32.2. The first-order chi connectivity index (χ1) is 17.7. The van der Waals surface area contributed by atoms with Crippen molar-refractivity contribution in [2.75, 3.05) is 10.6 Å². The van der Waals surface area contributed by atoms with Gasteiger partial charge in [-0.2, -0.15) is 5.10 Å². The molecule has 4 aromatic rings. The highest BCUT2D eigenvalue weighted by Crippen LogP contribution is 2.25. The lowest BCUT2D eigenvalue weighted by molar-refractivity contribution is 0.0955. The molecule has 0 spiro atoms. The second kappa shape index (κ2) is 10.8. The number of hydrogen-bond acceptors (Lipinski definition) is 4. The van der Waals surface area contributed by atoms with E-state index in [1.165, 1.54) is 16.6 Å². The van der Waals surface area contributed by atoms with Crippen molar-refractivity contribution in [3.63, 3.8) is 0 Å². The van der Waals surface area contributed by atoms with Gasteiger partial charge in [0.2, 0.25) is 10.0 Å². The second-order valence-corrected chi connectivity index (χ2v) is 10.5. The number of aryl methyl sites for hydroxylation is 1. The largest absolute Gasteiger partial charge is 0.315 e. The lowest BCUT2D eigenvalue weighted by atomic mass is 10.1. The summed E-state index contributed by atoms with van der Waals surface area (Å²) in [5, 5.41) is 4.10. The normalized spacial score (nSPS) is 11.6. The smallest absolute Gasteiger partial charge is 0.273 e. The minimum atomic E-state index is -3.69. The second-order valence-electron chi connectivity index (χ2n) is 8.58. The molecule has 0 saturated heterocycles. The summed E-state index contributed by atoms with van der Waals surface area (Å²) in [7, 11) is -3.69. The van der Waals surface area contributed by atoms with E-state index in [1.54, 1.807) is 47.0 Å². The van der Waals surface area contributed by atoms with E-state index in [9.17, 15) is 17.6 Å². The molecular formula is C28H27FN4O3S. The number of halogens is 1. The molecule has 0 aliphatic heterocycles. The molecule has 4 rings (SSSR count). The lowest BCUT2D eigenvalue weighted by Gasteiger charge is -2.24. The summed E-state index contributed by atoms with van der Waals surface area (Å²) in [5.41, 5.74) is 6.39. The molecule has 190 valence electrons. The third-order valence-electron chi connectivity index (χ3n) is 5.92. The highest BCUT2D eigenvalue weighted by molar-refractivity contribution is 7.92. The summed E-state index contributed by atoms with van der Waals surface area (Å²) < 4.78 is 42.6. The van der Waals surface area contributed by atoms with Crippen LogP contribution in [0.5, 0.6) is 0 Å². The monoisotopic (exact) mass is 518 g/mol. The SMILES string of the molecule is Cc1cc(/C=N/NC(=O)c2ccccc2N(Cc2ccccc2)S(C)(=O)=O)c(C)n1-c1ccccc1F. The fraction of sp³-hybridized carbons (Fsp3) is 0.143. The first-order valence-electron chi connectivity index (χ1n) is 11.5. The average Bonchev–Trinajstić information content (AvgIpc) is 3.15. The lowest BCUT2D eigenvalue weighted by Crippen LogP contribution is -2.32. The van der Waals surface area contributed by atoms with Crippen molar-refractivity contribution in [2.24, 2.45) is 5.10 Å². The Morgan fingerprint density at radius 2 is 1.65 bits per heavy atom.